The topological polar surface area (TPSA) is 66.5 Å². The summed E-state index contributed by atoms with van der Waals surface area (Å²) in [6.07, 6.45) is 2.42. The number of rotatable bonds is 6. The Balaban J connectivity index is 1.61. The number of carbonyl (C=O) groups excluding carboxylic acids is 1. The molecule has 148 valence electrons. The Morgan fingerprint density at radius 1 is 1.14 bits per heavy atom. The molecule has 6 heteroatoms. The quantitative estimate of drug-likeness (QED) is 0.805. The molecule has 1 heterocycles. The van der Waals surface area contributed by atoms with Gasteiger partial charge in [-0.1, -0.05) is 37.3 Å². The number of nitrogens with one attached hydrogen (secondary N) is 1. The van der Waals surface area contributed by atoms with Crippen molar-refractivity contribution in [3.05, 3.63) is 59.7 Å². The van der Waals surface area contributed by atoms with Gasteiger partial charge in [0.2, 0.25) is 15.9 Å². The van der Waals surface area contributed by atoms with Gasteiger partial charge in [0.05, 0.1) is 10.9 Å². The highest BCUT2D eigenvalue weighted by Gasteiger charge is 2.42. The lowest BCUT2D eigenvalue weighted by molar-refractivity contribution is -0.117. The van der Waals surface area contributed by atoms with E-state index in [4.69, 9.17) is 0 Å². The molecule has 0 bridgehead atoms. The first-order valence-electron chi connectivity index (χ1n) is 9.85. The van der Waals surface area contributed by atoms with Crippen LogP contribution < -0.4 is 9.62 Å². The molecule has 1 saturated carbocycles. The molecule has 0 spiro atoms. The lowest BCUT2D eigenvalue weighted by atomic mass is 10.0. The van der Waals surface area contributed by atoms with Crippen molar-refractivity contribution in [2.45, 2.75) is 44.0 Å². The molecule has 2 aromatic carbocycles. The zero-order valence-electron chi connectivity index (χ0n) is 16.3. The highest BCUT2D eigenvalue weighted by Crippen LogP contribution is 2.47. The Labute approximate surface area is 166 Å². The minimum atomic E-state index is -3.67. The second-order valence-electron chi connectivity index (χ2n) is 7.99. The first kappa shape index (κ1) is 19.2. The van der Waals surface area contributed by atoms with Crippen LogP contribution in [0.1, 0.15) is 43.4 Å². The van der Waals surface area contributed by atoms with Gasteiger partial charge in [-0.3, -0.25) is 4.79 Å². The van der Waals surface area contributed by atoms with Gasteiger partial charge in [-0.25, -0.2) is 13.1 Å². The van der Waals surface area contributed by atoms with Crippen LogP contribution >= 0.6 is 0 Å². The number of sulfonamides is 1. The lowest BCUT2D eigenvalue weighted by Crippen LogP contribution is -2.31. The number of anilines is 1. The molecule has 1 saturated heterocycles. The van der Waals surface area contributed by atoms with Crippen molar-refractivity contribution in [1.82, 2.24) is 4.72 Å². The number of amides is 1. The van der Waals surface area contributed by atoms with Gasteiger partial charge < -0.3 is 4.90 Å². The summed E-state index contributed by atoms with van der Waals surface area (Å²) in [5.74, 6) is 0.927. The average molecular weight is 399 g/mol. The van der Waals surface area contributed by atoms with Crippen molar-refractivity contribution in [3.63, 3.8) is 0 Å². The van der Waals surface area contributed by atoms with Crippen molar-refractivity contribution in [2.24, 2.45) is 11.8 Å². The van der Waals surface area contributed by atoms with E-state index in [1.165, 1.54) is 0 Å². The fraction of sp³-hybridized carbons (Fsp3) is 0.409. The van der Waals surface area contributed by atoms with Crippen LogP contribution in [0, 0.1) is 18.8 Å². The predicted octanol–water partition coefficient (Wildman–Crippen LogP) is 3.80. The number of benzene rings is 2. The van der Waals surface area contributed by atoms with Crippen LogP contribution in [0.15, 0.2) is 53.4 Å². The molecule has 1 amide bonds. The first-order chi connectivity index (χ1) is 13.4. The number of nitrogens with zero attached hydrogens (tertiary/aromatic N) is 1. The molecule has 0 aromatic heterocycles. The predicted molar refractivity (Wildman–Crippen MR) is 110 cm³/mol. The molecular weight excluding hydrogens is 372 g/mol. The maximum absolute atomic E-state index is 13.2. The Morgan fingerprint density at radius 3 is 2.43 bits per heavy atom. The zero-order valence-corrected chi connectivity index (χ0v) is 17.1. The average Bonchev–Trinajstić information content (AvgIpc) is 3.23. The van der Waals surface area contributed by atoms with Crippen LogP contribution in [0.5, 0.6) is 0 Å². The van der Waals surface area contributed by atoms with E-state index in [1.807, 2.05) is 30.3 Å². The van der Waals surface area contributed by atoms with Gasteiger partial charge in [0.1, 0.15) is 0 Å². The van der Waals surface area contributed by atoms with E-state index in [-0.39, 0.29) is 16.8 Å². The molecule has 1 aliphatic heterocycles. The summed E-state index contributed by atoms with van der Waals surface area (Å²) in [7, 11) is -3.67. The summed E-state index contributed by atoms with van der Waals surface area (Å²) >= 11 is 0. The van der Waals surface area contributed by atoms with E-state index in [0.717, 1.165) is 24.1 Å². The van der Waals surface area contributed by atoms with Crippen molar-refractivity contribution in [1.29, 1.82) is 0 Å². The highest BCUT2D eigenvalue weighted by atomic mass is 32.2. The summed E-state index contributed by atoms with van der Waals surface area (Å²) in [6.45, 7) is 4.64. The molecule has 2 aromatic rings. The van der Waals surface area contributed by atoms with Crippen LogP contribution in [-0.2, 0) is 14.8 Å². The van der Waals surface area contributed by atoms with Crippen LogP contribution in [0.4, 0.5) is 5.69 Å². The van der Waals surface area contributed by atoms with Crippen molar-refractivity contribution < 1.29 is 13.2 Å². The van der Waals surface area contributed by atoms with E-state index in [9.17, 15) is 13.2 Å². The molecule has 1 aliphatic carbocycles. The van der Waals surface area contributed by atoms with Gasteiger partial charge in [0.25, 0.3) is 0 Å². The van der Waals surface area contributed by atoms with Crippen LogP contribution in [0.25, 0.3) is 0 Å². The van der Waals surface area contributed by atoms with Crippen molar-refractivity contribution >= 4 is 21.6 Å². The first-order valence-corrected chi connectivity index (χ1v) is 11.3. The van der Waals surface area contributed by atoms with Gasteiger partial charge in [-0.05, 0) is 60.9 Å². The largest absolute Gasteiger partial charge is 0.312 e. The summed E-state index contributed by atoms with van der Waals surface area (Å²) in [5, 5.41) is 0. The molecule has 2 fully saturated rings. The van der Waals surface area contributed by atoms with Gasteiger partial charge >= 0.3 is 0 Å². The second-order valence-corrected chi connectivity index (χ2v) is 9.67. The Morgan fingerprint density at radius 2 is 1.86 bits per heavy atom. The van der Waals surface area contributed by atoms with E-state index >= 15 is 0 Å². The molecule has 3 unspecified atom stereocenters. The molecule has 3 atom stereocenters. The Kier molecular flexibility index (Phi) is 5.02. The van der Waals surface area contributed by atoms with Crippen molar-refractivity contribution in [3.8, 4) is 0 Å². The maximum atomic E-state index is 13.2. The van der Waals surface area contributed by atoms with Gasteiger partial charge in [-0.2, -0.15) is 0 Å². The van der Waals surface area contributed by atoms with E-state index < -0.39 is 10.0 Å². The zero-order chi connectivity index (χ0) is 19.9. The fourth-order valence-corrected chi connectivity index (χ4v) is 5.64. The van der Waals surface area contributed by atoms with Crippen LogP contribution in [-0.4, -0.2) is 20.9 Å². The molecule has 1 N–H and O–H groups in total. The summed E-state index contributed by atoms with van der Waals surface area (Å²) < 4.78 is 29.3. The number of hydrogen-bond acceptors (Lipinski definition) is 3. The Hall–Kier alpha value is -2.18. The normalized spacial score (nSPS) is 23.1. The summed E-state index contributed by atoms with van der Waals surface area (Å²) in [5.41, 5.74) is 2.42. The molecule has 28 heavy (non-hydrogen) atoms. The summed E-state index contributed by atoms with van der Waals surface area (Å²) in [4.78, 5) is 14.0. The SMILES string of the molecule is Cc1cc(N2CCCC2=O)ccc1S(=O)(=O)NC(c1ccccc1)C1CC1C. The van der Waals surface area contributed by atoms with E-state index in [0.29, 0.717) is 30.4 Å². The number of hydrogen-bond donors (Lipinski definition) is 1. The third-order valence-electron chi connectivity index (χ3n) is 5.87. The van der Waals surface area contributed by atoms with Crippen LogP contribution in [0.3, 0.4) is 0 Å². The van der Waals surface area contributed by atoms with Crippen LogP contribution in [0.2, 0.25) is 0 Å². The fourth-order valence-electron chi connectivity index (χ4n) is 4.13. The van der Waals surface area contributed by atoms with Crippen molar-refractivity contribution in [2.75, 3.05) is 11.4 Å². The van der Waals surface area contributed by atoms with Gasteiger partial charge in [-0.15, -0.1) is 0 Å². The lowest BCUT2D eigenvalue weighted by Gasteiger charge is -2.21. The minimum absolute atomic E-state index is 0.0972. The molecule has 0 radical (unpaired) electrons. The maximum Gasteiger partial charge on any atom is 0.241 e. The third-order valence-corrected chi connectivity index (χ3v) is 7.48. The molecule has 5 nitrogen and oxygen atoms in total. The van der Waals surface area contributed by atoms with E-state index in [1.54, 1.807) is 30.0 Å². The standard InChI is InChI=1S/C22H26N2O3S/c1-15-14-19(15)22(17-7-4-3-5-8-17)23-28(26,27)20-11-10-18(13-16(20)2)24-12-6-9-21(24)25/h3-5,7-8,10-11,13,15,19,22-23H,6,9,12,14H2,1-2H3. The number of aryl methyl sites for hydroxylation is 1. The molecule has 4 rings (SSSR count). The minimum Gasteiger partial charge on any atom is -0.312 e. The second kappa shape index (κ2) is 7.33. The molecular formula is C22H26N2O3S. The van der Waals surface area contributed by atoms with Gasteiger partial charge in [0, 0.05) is 18.7 Å². The van der Waals surface area contributed by atoms with Gasteiger partial charge in [0.15, 0.2) is 0 Å². The monoisotopic (exact) mass is 398 g/mol. The number of carbonyl (C=O) groups is 1. The van der Waals surface area contributed by atoms with E-state index in [2.05, 4.69) is 11.6 Å². The highest BCUT2D eigenvalue weighted by molar-refractivity contribution is 7.89. The summed E-state index contributed by atoms with van der Waals surface area (Å²) in [6, 6.07) is 14.7. The molecule has 2 aliphatic rings. The third kappa shape index (κ3) is 3.71. The Bertz CT molecular complexity index is 988. The smallest absolute Gasteiger partial charge is 0.241 e.